The van der Waals surface area contributed by atoms with Gasteiger partial charge in [0.1, 0.15) is 11.9 Å². The summed E-state index contributed by atoms with van der Waals surface area (Å²) < 4.78 is 0. The van der Waals surface area contributed by atoms with Gasteiger partial charge >= 0.3 is 11.9 Å². The van der Waals surface area contributed by atoms with Crippen LogP contribution in [0.3, 0.4) is 0 Å². The van der Waals surface area contributed by atoms with E-state index in [0.717, 1.165) is 0 Å². The van der Waals surface area contributed by atoms with Crippen molar-refractivity contribution in [2.24, 2.45) is 0 Å². The van der Waals surface area contributed by atoms with Gasteiger partial charge in [0.2, 0.25) is 5.82 Å². The molecule has 4 N–H and O–H groups in total. The Morgan fingerprint density at radius 1 is 1.32 bits per heavy atom. The third-order valence-corrected chi connectivity index (χ3v) is 2.23. The highest BCUT2D eigenvalue weighted by Crippen LogP contribution is 2.07. The maximum absolute atomic E-state index is 11.7. The van der Waals surface area contributed by atoms with Gasteiger partial charge in [-0.1, -0.05) is 13.8 Å². The van der Waals surface area contributed by atoms with E-state index in [-0.39, 0.29) is 11.7 Å². The van der Waals surface area contributed by atoms with Crippen molar-refractivity contribution >= 4 is 17.8 Å². The van der Waals surface area contributed by atoms with Crippen molar-refractivity contribution in [1.82, 2.24) is 20.5 Å². The number of rotatable bonds is 6. The van der Waals surface area contributed by atoms with Crippen LogP contribution >= 0.6 is 0 Å². The maximum atomic E-state index is 11.7. The summed E-state index contributed by atoms with van der Waals surface area (Å²) in [7, 11) is 0. The van der Waals surface area contributed by atoms with Crippen LogP contribution in [0.4, 0.5) is 0 Å². The third-order valence-electron chi connectivity index (χ3n) is 2.23. The number of amides is 1. The number of aliphatic carboxylic acids is 2. The molecule has 0 aliphatic carbocycles. The zero-order chi connectivity index (χ0) is 14.6. The number of hydrogen-bond donors (Lipinski definition) is 4. The lowest BCUT2D eigenvalue weighted by atomic mass is 10.2. The van der Waals surface area contributed by atoms with Crippen molar-refractivity contribution in [1.29, 1.82) is 0 Å². The first kappa shape index (κ1) is 14.6. The monoisotopic (exact) mass is 270 g/mol. The van der Waals surface area contributed by atoms with Gasteiger partial charge in [0, 0.05) is 5.92 Å². The fraction of sp³-hybridized carbons (Fsp3) is 0.500. The quantitative estimate of drug-likeness (QED) is 0.549. The predicted octanol–water partition coefficient (Wildman–Crippen LogP) is -0.414. The topological polar surface area (TPSA) is 145 Å². The highest BCUT2D eigenvalue weighted by Gasteiger charge is 2.25. The van der Waals surface area contributed by atoms with E-state index in [2.05, 4.69) is 20.5 Å². The first-order chi connectivity index (χ1) is 8.81. The van der Waals surface area contributed by atoms with E-state index in [1.807, 2.05) is 13.8 Å². The highest BCUT2D eigenvalue weighted by molar-refractivity contribution is 5.94. The summed E-state index contributed by atoms with van der Waals surface area (Å²) in [5.74, 6) is -3.31. The Bertz CT molecular complexity index is 496. The second-order valence-electron chi connectivity index (χ2n) is 4.16. The highest BCUT2D eigenvalue weighted by atomic mass is 16.4. The number of aromatic nitrogens is 3. The molecule has 0 fully saturated rings. The number of carboxylic acid groups (broad SMARTS) is 2. The minimum Gasteiger partial charge on any atom is -0.481 e. The van der Waals surface area contributed by atoms with Gasteiger partial charge in [-0.05, 0) is 0 Å². The van der Waals surface area contributed by atoms with Gasteiger partial charge in [-0.25, -0.2) is 9.78 Å². The summed E-state index contributed by atoms with van der Waals surface area (Å²) in [6.45, 7) is 3.68. The van der Waals surface area contributed by atoms with E-state index in [0.29, 0.717) is 5.82 Å². The molecule has 19 heavy (non-hydrogen) atoms. The van der Waals surface area contributed by atoms with Crippen LogP contribution in [0, 0.1) is 0 Å². The summed E-state index contributed by atoms with van der Waals surface area (Å²) in [4.78, 5) is 36.8. The van der Waals surface area contributed by atoms with Crippen LogP contribution in [0.25, 0.3) is 0 Å². The second kappa shape index (κ2) is 5.94. The number of hydrogen-bond acceptors (Lipinski definition) is 5. The Balaban J connectivity index is 2.75. The number of nitrogens with zero attached hydrogens (tertiary/aromatic N) is 2. The molecule has 1 rings (SSSR count). The molecule has 0 saturated heterocycles. The van der Waals surface area contributed by atoms with Crippen molar-refractivity contribution in [3.8, 4) is 0 Å². The van der Waals surface area contributed by atoms with Crippen molar-refractivity contribution < 1.29 is 24.6 Å². The zero-order valence-corrected chi connectivity index (χ0v) is 10.4. The molecule has 0 aliphatic heterocycles. The molecule has 0 spiro atoms. The third kappa shape index (κ3) is 4.05. The molecule has 1 atom stereocenters. The molecule has 0 bridgehead atoms. The molecular weight excluding hydrogens is 256 g/mol. The van der Waals surface area contributed by atoms with Gasteiger partial charge in [0.05, 0.1) is 6.42 Å². The molecule has 0 radical (unpaired) electrons. The van der Waals surface area contributed by atoms with Crippen LogP contribution in [0.2, 0.25) is 0 Å². The molecule has 9 heteroatoms. The van der Waals surface area contributed by atoms with Gasteiger partial charge in [0.25, 0.3) is 5.91 Å². The first-order valence-corrected chi connectivity index (χ1v) is 5.49. The number of carbonyl (C=O) groups excluding carboxylic acids is 1. The standard InChI is InChI=1S/C10H14N4O5/c1-4(2)7-12-8(14-13-7)9(17)11-5(10(18)19)3-6(15)16/h4-5H,3H2,1-2H3,(H,11,17)(H,15,16)(H,18,19)(H,12,13,14). The lowest BCUT2D eigenvalue weighted by molar-refractivity contribution is -0.145. The van der Waals surface area contributed by atoms with Crippen molar-refractivity contribution in [2.75, 3.05) is 0 Å². The first-order valence-electron chi connectivity index (χ1n) is 5.49. The molecule has 1 heterocycles. The molecule has 9 nitrogen and oxygen atoms in total. The van der Waals surface area contributed by atoms with Crippen LogP contribution in [0.15, 0.2) is 0 Å². The van der Waals surface area contributed by atoms with Crippen LogP contribution in [-0.4, -0.2) is 49.3 Å². The van der Waals surface area contributed by atoms with Gasteiger partial charge in [-0.3, -0.25) is 14.7 Å². The van der Waals surface area contributed by atoms with Gasteiger partial charge in [-0.15, -0.1) is 5.10 Å². The van der Waals surface area contributed by atoms with Gasteiger partial charge in [0.15, 0.2) is 0 Å². The number of carbonyl (C=O) groups is 3. The summed E-state index contributed by atoms with van der Waals surface area (Å²) in [5, 5.41) is 25.6. The molecule has 0 aliphatic rings. The SMILES string of the molecule is CC(C)c1nc(C(=O)NC(CC(=O)O)C(=O)O)n[nH]1. The van der Waals surface area contributed by atoms with E-state index in [9.17, 15) is 14.4 Å². The average Bonchev–Trinajstić information content (AvgIpc) is 2.76. The van der Waals surface area contributed by atoms with E-state index >= 15 is 0 Å². The largest absolute Gasteiger partial charge is 0.481 e. The Labute approximate surface area is 108 Å². The van der Waals surface area contributed by atoms with Crippen LogP contribution < -0.4 is 5.32 Å². The molecule has 104 valence electrons. The Hall–Kier alpha value is -2.45. The second-order valence-corrected chi connectivity index (χ2v) is 4.16. The Kier molecular flexibility index (Phi) is 4.56. The van der Waals surface area contributed by atoms with E-state index in [1.165, 1.54) is 0 Å². The lowest BCUT2D eigenvalue weighted by Crippen LogP contribution is -2.42. The summed E-state index contributed by atoms with van der Waals surface area (Å²) in [6.07, 6.45) is -0.720. The van der Waals surface area contributed by atoms with Crippen LogP contribution in [0.1, 0.15) is 42.6 Å². The number of carboxylic acids is 2. The van der Waals surface area contributed by atoms with E-state index in [1.54, 1.807) is 0 Å². The maximum Gasteiger partial charge on any atom is 0.326 e. The van der Waals surface area contributed by atoms with Crippen molar-refractivity contribution in [2.45, 2.75) is 32.2 Å². The molecular formula is C10H14N4O5. The minimum absolute atomic E-state index is 0.0309. The number of H-pyrrole nitrogens is 1. The number of nitrogens with one attached hydrogen (secondary N) is 2. The van der Waals surface area contributed by atoms with Gasteiger partial charge in [-0.2, -0.15) is 0 Å². The predicted molar refractivity (Wildman–Crippen MR) is 61.6 cm³/mol. The average molecular weight is 270 g/mol. The molecule has 1 unspecified atom stereocenters. The minimum atomic E-state index is -1.52. The van der Waals surface area contributed by atoms with E-state index < -0.39 is 30.3 Å². The molecule has 1 aromatic rings. The zero-order valence-electron chi connectivity index (χ0n) is 10.4. The van der Waals surface area contributed by atoms with Crippen LogP contribution in [-0.2, 0) is 9.59 Å². The summed E-state index contributed by atoms with van der Waals surface area (Å²) in [5.41, 5.74) is 0. The fourth-order valence-electron chi connectivity index (χ4n) is 1.23. The fourth-order valence-corrected chi connectivity index (χ4v) is 1.23. The number of aromatic amines is 1. The smallest absolute Gasteiger partial charge is 0.326 e. The molecule has 0 saturated carbocycles. The van der Waals surface area contributed by atoms with Crippen molar-refractivity contribution in [3.05, 3.63) is 11.6 Å². The molecule has 1 amide bonds. The molecule has 0 aromatic carbocycles. The van der Waals surface area contributed by atoms with Crippen molar-refractivity contribution in [3.63, 3.8) is 0 Å². The van der Waals surface area contributed by atoms with Crippen LogP contribution in [0.5, 0.6) is 0 Å². The Morgan fingerprint density at radius 3 is 2.37 bits per heavy atom. The lowest BCUT2D eigenvalue weighted by Gasteiger charge is -2.10. The van der Waals surface area contributed by atoms with Gasteiger partial charge < -0.3 is 15.5 Å². The summed E-state index contributed by atoms with van der Waals surface area (Å²) >= 11 is 0. The Morgan fingerprint density at radius 2 is 1.95 bits per heavy atom. The van der Waals surface area contributed by atoms with E-state index in [4.69, 9.17) is 10.2 Å². The normalized spacial score (nSPS) is 12.2. The summed E-state index contributed by atoms with van der Waals surface area (Å²) in [6, 6.07) is -1.52. The molecule has 1 aromatic heterocycles.